The van der Waals surface area contributed by atoms with Gasteiger partial charge in [0.05, 0.1) is 18.8 Å². The van der Waals surface area contributed by atoms with Crippen molar-refractivity contribution in [3.63, 3.8) is 0 Å². The summed E-state index contributed by atoms with van der Waals surface area (Å²) in [5.41, 5.74) is 16.8. The number of nitrogens with zero attached hydrogens (tertiary/aromatic N) is 2. The van der Waals surface area contributed by atoms with Gasteiger partial charge in [-0.2, -0.15) is 11.8 Å². The molecule has 0 aliphatic carbocycles. The highest BCUT2D eigenvalue weighted by atomic mass is 32.2. The Labute approximate surface area is 223 Å². The third kappa shape index (κ3) is 12.4. The van der Waals surface area contributed by atoms with Crippen molar-refractivity contribution in [1.29, 1.82) is 0 Å². The van der Waals surface area contributed by atoms with Gasteiger partial charge in [0.15, 0.2) is 5.96 Å². The minimum Gasteiger partial charge on any atom is -0.481 e. The molecule has 0 aromatic carbocycles. The van der Waals surface area contributed by atoms with Crippen LogP contribution >= 0.6 is 11.8 Å². The van der Waals surface area contributed by atoms with E-state index in [1.165, 1.54) is 24.3 Å². The molecule has 0 fully saturated rings. The first-order valence-corrected chi connectivity index (χ1v) is 13.0. The molecule has 16 nitrogen and oxygen atoms in total. The number of carboxylic acids is 2. The number of carboxylic acid groups (broad SMARTS) is 2. The Hall–Kier alpha value is -3.86. The second-order valence-corrected chi connectivity index (χ2v) is 9.22. The average Bonchev–Trinajstić information content (AvgIpc) is 3.35. The van der Waals surface area contributed by atoms with Crippen LogP contribution < -0.4 is 33.2 Å². The van der Waals surface area contributed by atoms with Gasteiger partial charge in [-0.15, -0.1) is 0 Å². The van der Waals surface area contributed by atoms with Gasteiger partial charge in [0.1, 0.15) is 18.1 Å². The quantitative estimate of drug-likeness (QED) is 0.0499. The summed E-state index contributed by atoms with van der Waals surface area (Å²) in [6, 6.07) is -5.11. The first-order valence-electron chi connectivity index (χ1n) is 11.6. The van der Waals surface area contributed by atoms with Crippen LogP contribution in [-0.4, -0.2) is 98.5 Å². The van der Waals surface area contributed by atoms with Crippen molar-refractivity contribution in [3.05, 3.63) is 18.2 Å². The summed E-state index contributed by atoms with van der Waals surface area (Å²) in [6.45, 7) is 0.228. The lowest BCUT2D eigenvalue weighted by atomic mass is 10.1. The van der Waals surface area contributed by atoms with Crippen LogP contribution in [0.4, 0.5) is 0 Å². The summed E-state index contributed by atoms with van der Waals surface area (Å²) in [7, 11) is 0. The highest BCUT2D eigenvalue weighted by Crippen LogP contribution is 2.06. The molecule has 3 amide bonds. The number of guanidine groups is 1. The van der Waals surface area contributed by atoms with Gasteiger partial charge in [-0.25, -0.2) is 9.78 Å². The van der Waals surface area contributed by atoms with Crippen molar-refractivity contribution in [2.75, 3.05) is 18.6 Å². The molecule has 1 aromatic rings. The molecule has 0 aliphatic heterocycles. The molecule has 0 bridgehead atoms. The fraction of sp³-hybridized carbons (Fsp3) is 0.571. The summed E-state index contributed by atoms with van der Waals surface area (Å²) < 4.78 is 0. The lowest BCUT2D eigenvalue weighted by molar-refractivity contribution is -0.143. The predicted octanol–water partition coefficient (Wildman–Crippen LogP) is -2.90. The fourth-order valence-corrected chi connectivity index (χ4v) is 3.65. The number of nitrogens with two attached hydrogens (primary N) is 3. The third-order valence-corrected chi connectivity index (χ3v) is 5.80. The van der Waals surface area contributed by atoms with E-state index >= 15 is 0 Å². The number of carbonyl (C=O) groups excluding carboxylic acids is 3. The smallest absolute Gasteiger partial charge is 0.326 e. The highest BCUT2D eigenvalue weighted by molar-refractivity contribution is 7.98. The van der Waals surface area contributed by atoms with E-state index in [1.54, 1.807) is 6.26 Å². The SMILES string of the molecule is CSCCC(NC(=O)C(CC(=O)O)NC(=O)C(N)CCCN=C(N)N)C(=O)NC(Cc1cnc[nH]1)C(=O)O. The van der Waals surface area contributed by atoms with Gasteiger partial charge in [-0.1, -0.05) is 0 Å². The second-order valence-electron chi connectivity index (χ2n) is 8.24. The molecule has 1 aromatic heterocycles. The number of nitrogens with one attached hydrogen (secondary N) is 4. The Morgan fingerprint density at radius 3 is 2.21 bits per heavy atom. The molecule has 12 N–H and O–H groups in total. The molecule has 1 rings (SSSR count). The van der Waals surface area contributed by atoms with Crippen LogP contribution in [0.25, 0.3) is 0 Å². The number of imidazole rings is 1. The van der Waals surface area contributed by atoms with Gasteiger partial charge in [0.25, 0.3) is 0 Å². The maximum atomic E-state index is 12.9. The first-order chi connectivity index (χ1) is 17.9. The zero-order chi connectivity index (χ0) is 28.7. The molecular formula is C21H35N9O7S. The monoisotopic (exact) mass is 557 g/mol. The molecule has 212 valence electrons. The molecule has 0 saturated carbocycles. The van der Waals surface area contributed by atoms with Crippen molar-refractivity contribution < 1.29 is 34.2 Å². The van der Waals surface area contributed by atoms with E-state index in [0.29, 0.717) is 17.9 Å². The van der Waals surface area contributed by atoms with E-state index in [0.717, 1.165) is 0 Å². The molecule has 4 unspecified atom stereocenters. The van der Waals surface area contributed by atoms with Crippen molar-refractivity contribution in [1.82, 2.24) is 25.9 Å². The van der Waals surface area contributed by atoms with Crippen molar-refractivity contribution >= 4 is 47.4 Å². The number of amides is 3. The molecule has 1 heterocycles. The zero-order valence-corrected chi connectivity index (χ0v) is 21.7. The zero-order valence-electron chi connectivity index (χ0n) is 20.9. The standard InChI is InChI=1S/C21H35N9O7S/c1-38-6-4-13(18(34)30-15(20(36)37)7-11-9-25-10-27-11)28-19(35)14(8-16(31)32)29-17(33)12(22)3-2-5-26-21(23)24/h9-10,12-15H,2-8,22H2,1H3,(H,25,27)(H,28,35)(H,29,33)(H,30,34)(H,31,32)(H,36,37)(H4,23,24,26). The summed E-state index contributed by atoms with van der Waals surface area (Å²) >= 11 is 1.38. The Kier molecular flexibility index (Phi) is 14.2. The maximum Gasteiger partial charge on any atom is 0.326 e. The van der Waals surface area contributed by atoms with Crippen molar-refractivity contribution in [2.45, 2.75) is 56.3 Å². The molecular weight excluding hydrogens is 522 g/mol. The molecule has 0 spiro atoms. The van der Waals surface area contributed by atoms with Crippen LogP contribution in [-0.2, 0) is 30.4 Å². The largest absolute Gasteiger partial charge is 0.481 e. The second kappa shape index (κ2) is 16.8. The number of hydrogen-bond acceptors (Lipinski definition) is 9. The lowest BCUT2D eigenvalue weighted by Gasteiger charge is -2.24. The van der Waals surface area contributed by atoms with Crippen LogP contribution in [0.15, 0.2) is 17.5 Å². The maximum absolute atomic E-state index is 12.9. The van der Waals surface area contributed by atoms with E-state index in [4.69, 9.17) is 17.2 Å². The molecule has 0 saturated heterocycles. The number of aliphatic imine (C=N–C) groups is 1. The highest BCUT2D eigenvalue weighted by Gasteiger charge is 2.31. The number of aromatic amines is 1. The van der Waals surface area contributed by atoms with Gasteiger partial charge >= 0.3 is 11.9 Å². The molecule has 0 aliphatic rings. The summed E-state index contributed by atoms with van der Waals surface area (Å²) in [6.07, 6.45) is 4.35. The Balaban J connectivity index is 2.90. The van der Waals surface area contributed by atoms with Crippen molar-refractivity contribution in [2.24, 2.45) is 22.2 Å². The van der Waals surface area contributed by atoms with Crippen LogP contribution in [0.3, 0.4) is 0 Å². The summed E-state index contributed by atoms with van der Waals surface area (Å²) in [5, 5.41) is 25.9. The van der Waals surface area contributed by atoms with E-state index in [9.17, 15) is 34.2 Å². The van der Waals surface area contributed by atoms with E-state index in [-0.39, 0.29) is 31.8 Å². The molecule has 38 heavy (non-hydrogen) atoms. The number of carbonyl (C=O) groups is 5. The number of H-pyrrole nitrogens is 1. The van der Waals surface area contributed by atoms with Gasteiger partial charge in [0, 0.05) is 24.9 Å². The normalized spacial score (nSPS) is 13.8. The van der Waals surface area contributed by atoms with Gasteiger partial charge in [-0.3, -0.25) is 24.2 Å². The summed E-state index contributed by atoms with van der Waals surface area (Å²) in [4.78, 5) is 71.7. The van der Waals surface area contributed by atoms with Gasteiger partial charge < -0.3 is 48.3 Å². The Morgan fingerprint density at radius 1 is 1.03 bits per heavy atom. The lowest BCUT2D eigenvalue weighted by Crippen LogP contribution is -2.57. The van der Waals surface area contributed by atoms with E-state index < -0.39 is 60.2 Å². The van der Waals surface area contributed by atoms with E-state index in [1.807, 2.05) is 0 Å². The molecule has 0 radical (unpaired) electrons. The van der Waals surface area contributed by atoms with Crippen LogP contribution in [0.2, 0.25) is 0 Å². The number of thioether (sulfide) groups is 1. The van der Waals surface area contributed by atoms with E-state index in [2.05, 4.69) is 30.9 Å². The van der Waals surface area contributed by atoms with Crippen molar-refractivity contribution in [3.8, 4) is 0 Å². The van der Waals surface area contributed by atoms with Gasteiger partial charge in [0.2, 0.25) is 17.7 Å². The van der Waals surface area contributed by atoms with Crippen LogP contribution in [0.5, 0.6) is 0 Å². The molecule has 17 heteroatoms. The topological polar surface area (TPSA) is 281 Å². The first kappa shape index (κ1) is 32.2. The van der Waals surface area contributed by atoms with Crippen LogP contribution in [0.1, 0.15) is 31.4 Å². The molecule has 4 atom stereocenters. The number of rotatable bonds is 18. The number of aromatic nitrogens is 2. The average molecular weight is 558 g/mol. The summed E-state index contributed by atoms with van der Waals surface area (Å²) in [5.74, 6) is -4.85. The Morgan fingerprint density at radius 2 is 1.66 bits per heavy atom. The fourth-order valence-electron chi connectivity index (χ4n) is 3.18. The predicted molar refractivity (Wildman–Crippen MR) is 139 cm³/mol. The number of hydrogen-bond donors (Lipinski definition) is 9. The minimum absolute atomic E-state index is 0.0803. The van der Waals surface area contributed by atoms with Crippen LogP contribution in [0, 0.1) is 0 Å². The minimum atomic E-state index is -1.53. The Bertz CT molecular complexity index is 970. The third-order valence-electron chi connectivity index (χ3n) is 5.15. The number of aliphatic carboxylic acids is 2. The van der Waals surface area contributed by atoms with Gasteiger partial charge in [-0.05, 0) is 31.3 Å².